The Kier molecular flexibility index (Phi) is 5.37. The van der Waals surface area contributed by atoms with Crippen LogP contribution in [0.15, 0.2) is 0 Å². The molecule has 2 N–H and O–H groups in total. The minimum absolute atomic E-state index is 0.00481. The van der Waals surface area contributed by atoms with E-state index in [0.29, 0.717) is 13.2 Å². The third-order valence-corrected chi connectivity index (χ3v) is 4.22. The lowest BCUT2D eigenvalue weighted by Gasteiger charge is -2.31. The zero-order valence-electron chi connectivity index (χ0n) is 12.0. The Hall–Kier alpha value is -1.14. The summed E-state index contributed by atoms with van der Waals surface area (Å²) in [6.07, 6.45) is 3.98. The fraction of sp³-hybridized carbons (Fsp3) is 0.857. The predicted molar refractivity (Wildman–Crippen MR) is 73.4 cm³/mol. The molecule has 1 aliphatic carbocycles. The van der Waals surface area contributed by atoms with Crippen LogP contribution >= 0.6 is 0 Å². The van der Waals surface area contributed by atoms with Crippen molar-refractivity contribution in [2.45, 2.75) is 44.7 Å². The predicted octanol–water partition coefficient (Wildman–Crippen LogP) is 0.467. The number of carbonyl (C=O) groups is 2. The van der Waals surface area contributed by atoms with Gasteiger partial charge in [0.1, 0.15) is 6.54 Å². The van der Waals surface area contributed by atoms with Crippen molar-refractivity contribution in [1.29, 1.82) is 0 Å². The van der Waals surface area contributed by atoms with Crippen LogP contribution in [0.1, 0.15) is 32.6 Å². The number of ether oxygens (including phenoxy) is 1. The molecule has 0 spiro atoms. The average molecular weight is 284 g/mol. The number of nitrogens with zero attached hydrogens (tertiary/aromatic N) is 1. The second-order valence-corrected chi connectivity index (χ2v) is 5.61. The standard InChI is InChI=1S/C14H24N2O4/c1-2-15-12-9-20-8-11(12)14(19)16(7-13(17)18)10-5-3-4-6-10/h10-12,15H,2-9H2,1H3,(H,17,18). The lowest BCUT2D eigenvalue weighted by Crippen LogP contribution is -2.50. The van der Waals surface area contributed by atoms with Crippen LogP contribution in [0.25, 0.3) is 0 Å². The van der Waals surface area contributed by atoms with Crippen LogP contribution in [0.2, 0.25) is 0 Å². The van der Waals surface area contributed by atoms with Gasteiger partial charge < -0.3 is 20.1 Å². The summed E-state index contributed by atoms with van der Waals surface area (Å²) in [5, 5.41) is 12.3. The number of carbonyl (C=O) groups excluding carboxylic acids is 1. The molecular formula is C14H24N2O4. The highest BCUT2D eigenvalue weighted by Crippen LogP contribution is 2.26. The quantitative estimate of drug-likeness (QED) is 0.741. The van der Waals surface area contributed by atoms with Gasteiger partial charge in [-0.05, 0) is 19.4 Å². The largest absolute Gasteiger partial charge is 0.480 e. The van der Waals surface area contributed by atoms with Crippen molar-refractivity contribution in [3.8, 4) is 0 Å². The molecule has 1 saturated carbocycles. The van der Waals surface area contributed by atoms with Crippen LogP contribution in [0, 0.1) is 5.92 Å². The molecule has 0 aromatic carbocycles. The summed E-state index contributed by atoms with van der Waals surface area (Å²) < 4.78 is 5.40. The zero-order valence-corrected chi connectivity index (χ0v) is 12.0. The van der Waals surface area contributed by atoms with E-state index < -0.39 is 5.97 Å². The lowest BCUT2D eigenvalue weighted by atomic mass is 10.0. The van der Waals surface area contributed by atoms with Gasteiger partial charge in [0.15, 0.2) is 0 Å². The highest BCUT2D eigenvalue weighted by Gasteiger charge is 2.39. The van der Waals surface area contributed by atoms with Gasteiger partial charge in [0.2, 0.25) is 5.91 Å². The number of aliphatic carboxylic acids is 1. The van der Waals surface area contributed by atoms with E-state index in [1.165, 1.54) is 0 Å². The molecular weight excluding hydrogens is 260 g/mol. The summed E-state index contributed by atoms with van der Waals surface area (Å²) in [6, 6.07) is 0.0895. The Morgan fingerprint density at radius 2 is 2.00 bits per heavy atom. The number of amides is 1. The Morgan fingerprint density at radius 1 is 1.30 bits per heavy atom. The van der Waals surface area contributed by atoms with E-state index in [-0.39, 0.29) is 30.5 Å². The molecule has 0 aromatic rings. The first kappa shape index (κ1) is 15.3. The number of rotatable bonds is 6. The molecule has 2 fully saturated rings. The molecule has 0 bridgehead atoms. The number of carboxylic acids is 1. The third-order valence-electron chi connectivity index (χ3n) is 4.22. The average Bonchev–Trinajstić information content (AvgIpc) is 3.06. The third kappa shape index (κ3) is 3.49. The van der Waals surface area contributed by atoms with Crippen molar-refractivity contribution in [2.24, 2.45) is 5.92 Å². The molecule has 0 radical (unpaired) electrons. The zero-order chi connectivity index (χ0) is 14.5. The first-order chi connectivity index (χ1) is 9.63. The summed E-state index contributed by atoms with van der Waals surface area (Å²) in [6.45, 7) is 3.49. The SMILES string of the molecule is CCNC1COCC1C(=O)N(CC(=O)O)C1CCCC1. The molecule has 2 atom stereocenters. The topological polar surface area (TPSA) is 78.9 Å². The van der Waals surface area contributed by atoms with E-state index in [0.717, 1.165) is 32.2 Å². The highest BCUT2D eigenvalue weighted by molar-refractivity contribution is 5.84. The second-order valence-electron chi connectivity index (χ2n) is 5.61. The minimum Gasteiger partial charge on any atom is -0.480 e. The summed E-state index contributed by atoms with van der Waals surface area (Å²) >= 11 is 0. The van der Waals surface area contributed by atoms with E-state index in [4.69, 9.17) is 9.84 Å². The molecule has 2 rings (SSSR count). The van der Waals surface area contributed by atoms with Gasteiger partial charge in [-0.25, -0.2) is 0 Å². The van der Waals surface area contributed by atoms with Gasteiger partial charge in [0.25, 0.3) is 0 Å². The Bertz CT molecular complexity index is 355. The smallest absolute Gasteiger partial charge is 0.323 e. The molecule has 1 heterocycles. The molecule has 1 aliphatic heterocycles. The minimum atomic E-state index is -0.941. The number of hydrogen-bond acceptors (Lipinski definition) is 4. The Labute approximate surface area is 119 Å². The summed E-state index contributed by atoms with van der Waals surface area (Å²) in [5.41, 5.74) is 0. The van der Waals surface area contributed by atoms with Crippen molar-refractivity contribution in [2.75, 3.05) is 26.3 Å². The van der Waals surface area contributed by atoms with E-state index >= 15 is 0 Å². The summed E-state index contributed by atoms with van der Waals surface area (Å²) in [4.78, 5) is 25.3. The monoisotopic (exact) mass is 284 g/mol. The van der Waals surface area contributed by atoms with Crippen molar-refractivity contribution in [3.05, 3.63) is 0 Å². The normalized spacial score (nSPS) is 26.9. The van der Waals surface area contributed by atoms with Crippen LogP contribution in [0.4, 0.5) is 0 Å². The van der Waals surface area contributed by atoms with Gasteiger partial charge in [0.05, 0.1) is 19.1 Å². The van der Waals surface area contributed by atoms with Gasteiger partial charge in [-0.2, -0.15) is 0 Å². The van der Waals surface area contributed by atoms with Gasteiger partial charge in [-0.1, -0.05) is 19.8 Å². The molecule has 1 saturated heterocycles. The molecule has 114 valence electrons. The van der Waals surface area contributed by atoms with Crippen LogP contribution < -0.4 is 5.32 Å². The van der Waals surface area contributed by atoms with Crippen molar-refractivity contribution >= 4 is 11.9 Å². The fourth-order valence-corrected chi connectivity index (χ4v) is 3.22. The maximum atomic E-state index is 12.7. The molecule has 2 unspecified atom stereocenters. The first-order valence-corrected chi connectivity index (χ1v) is 7.47. The number of likely N-dealkylation sites (N-methyl/N-ethyl adjacent to an activating group) is 1. The summed E-state index contributed by atoms with van der Waals surface area (Å²) in [7, 11) is 0. The van der Waals surface area contributed by atoms with E-state index in [1.807, 2.05) is 6.92 Å². The Morgan fingerprint density at radius 3 is 2.60 bits per heavy atom. The lowest BCUT2D eigenvalue weighted by molar-refractivity contribution is -0.148. The Balaban J connectivity index is 2.06. The molecule has 1 amide bonds. The highest BCUT2D eigenvalue weighted by atomic mass is 16.5. The maximum Gasteiger partial charge on any atom is 0.323 e. The fourth-order valence-electron chi connectivity index (χ4n) is 3.22. The summed E-state index contributed by atoms with van der Waals surface area (Å²) in [5.74, 6) is -1.26. The van der Waals surface area contributed by atoms with Crippen LogP contribution in [-0.4, -0.2) is 60.3 Å². The van der Waals surface area contributed by atoms with Crippen molar-refractivity contribution in [3.63, 3.8) is 0 Å². The van der Waals surface area contributed by atoms with Gasteiger partial charge in [-0.3, -0.25) is 9.59 Å². The van der Waals surface area contributed by atoms with Crippen molar-refractivity contribution in [1.82, 2.24) is 10.2 Å². The molecule has 2 aliphatic rings. The van der Waals surface area contributed by atoms with E-state index in [9.17, 15) is 9.59 Å². The van der Waals surface area contributed by atoms with Crippen LogP contribution in [0.5, 0.6) is 0 Å². The molecule has 6 nitrogen and oxygen atoms in total. The molecule has 20 heavy (non-hydrogen) atoms. The maximum absolute atomic E-state index is 12.7. The molecule has 6 heteroatoms. The number of carboxylic acid groups (broad SMARTS) is 1. The molecule has 0 aromatic heterocycles. The van der Waals surface area contributed by atoms with Gasteiger partial charge >= 0.3 is 5.97 Å². The van der Waals surface area contributed by atoms with E-state index in [2.05, 4.69) is 5.32 Å². The van der Waals surface area contributed by atoms with Crippen molar-refractivity contribution < 1.29 is 19.4 Å². The number of nitrogens with one attached hydrogen (secondary N) is 1. The number of hydrogen-bond donors (Lipinski definition) is 2. The van der Waals surface area contributed by atoms with E-state index in [1.54, 1.807) is 4.90 Å². The van der Waals surface area contributed by atoms with Gasteiger partial charge in [-0.15, -0.1) is 0 Å². The van der Waals surface area contributed by atoms with Gasteiger partial charge in [0, 0.05) is 12.1 Å². The first-order valence-electron chi connectivity index (χ1n) is 7.47. The van der Waals surface area contributed by atoms with Crippen LogP contribution in [-0.2, 0) is 14.3 Å². The second kappa shape index (κ2) is 7.04. The van der Waals surface area contributed by atoms with Crippen LogP contribution in [0.3, 0.4) is 0 Å².